The summed E-state index contributed by atoms with van der Waals surface area (Å²) in [5, 5.41) is 8.75. The Kier molecular flexibility index (Phi) is 4.26. The quantitative estimate of drug-likeness (QED) is 0.662. The molecule has 0 radical (unpaired) electrons. The van der Waals surface area contributed by atoms with Crippen LogP contribution in [-0.2, 0) is 4.79 Å². The molecule has 2 aromatic carbocycles. The zero-order valence-electron chi connectivity index (χ0n) is 14.0. The summed E-state index contributed by atoms with van der Waals surface area (Å²) in [4.78, 5) is 12.0. The van der Waals surface area contributed by atoms with Gasteiger partial charge < -0.3 is 0 Å². The van der Waals surface area contributed by atoms with Crippen LogP contribution in [0.3, 0.4) is 0 Å². The molecule has 6 heteroatoms. The van der Waals surface area contributed by atoms with E-state index in [-0.39, 0.29) is 5.91 Å². The number of carbonyl (C=O) groups is 1. The average Bonchev–Trinajstić information content (AvgIpc) is 3.22. The molecule has 128 valence electrons. The van der Waals surface area contributed by atoms with Crippen molar-refractivity contribution in [3.63, 3.8) is 0 Å². The number of hydrogen-bond acceptors (Lipinski definition) is 3. The zero-order chi connectivity index (χ0) is 18.1. The summed E-state index contributed by atoms with van der Waals surface area (Å²) in [6.45, 7) is 1.81. The van der Waals surface area contributed by atoms with Crippen LogP contribution in [0.5, 0.6) is 0 Å². The number of halogens is 1. The first-order chi connectivity index (χ1) is 12.6. The molecule has 1 N–H and O–H groups in total. The summed E-state index contributed by atoms with van der Waals surface area (Å²) in [6, 6.07) is 17.8. The summed E-state index contributed by atoms with van der Waals surface area (Å²) in [6.07, 6.45) is 3.77. The van der Waals surface area contributed by atoms with Gasteiger partial charge in [0.25, 0.3) is 5.91 Å². The second-order valence-corrected chi connectivity index (χ2v) is 6.83. The molecule has 26 heavy (non-hydrogen) atoms. The second-order valence-electron chi connectivity index (χ2n) is 5.92. The van der Waals surface area contributed by atoms with Crippen molar-refractivity contribution in [2.45, 2.75) is 6.92 Å². The van der Waals surface area contributed by atoms with E-state index in [1.165, 1.54) is 0 Å². The molecule has 1 aromatic heterocycles. The largest absolute Gasteiger partial charge is 0.273 e. The van der Waals surface area contributed by atoms with Crippen LogP contribution >= 0.6 is 15.9 Å². The van der Waals surface area contributed by atoms with Gasteiger partial charge in [0.2, 0.25) is 0 Å². The van der Waals surface area contributed by atoms with E-state index in [2.05, 4.69) is 26.5 Å². The Morgan fingerprint density at radius 1 is 1.08 bits per heavy atom. The number of para-hydroxylation sites is 1. The van der Waals surface area contributed by atoms with E-state index in [0.717, 1.165) is 27.0 Å². The normalized spacial score (nSPS) is 15.2. The highest BCUT2D eigenvalue weighted by molar-refractivity contribution is 9.10. The van der Waals surface area contributed by atoms with Gasteiger partial charge in [-0.1, -0.05) is 46.3 Å². The number of nitrogens with zero attached hydrogens (tertiary/aromatic N) is 3. The van der Waals surface area contributed by atoms with Gasteiger partial charge in [-0.2, -0.15) is 10.2 Å². The summed E-state index contributed by atoms with van der Waals surface area (Å²) in [5.74, 6) is -0.197. The van der Waals surface area contributed by atoms with Crippen molar-refractivity contribution in [3.8, 4) is 16.9 Å². The molecule has 0 saturated heterocycles. The fourth-order valence-corrected chi connectivity index (χ4v) is 3.05. The van der Waals surface area contributed by atoms with Crippen molar-refractivity contribution in [2.75, 3.05) is 0 Å². The average molecular weight is 407 g/mol. The molecule has 0 unspecified atom stereocenters. The Balaban J connectivity index is 1.87. The molecule has 0 bridgehead atoms. The SMILES string of the molecule is CC1=NNC(=O)/C1=C\c1cn(-c2ccccc2)nc1-c1ccc(Br)cc1. The van der Waals surface area contributed by atoms with Crippen LogP contribution in [0.15, 0.2) is 75.9 Å². The smallest absolute Gasteiger partial charge is 0.267 e. The van der Waals surface area contributed by atoms with Gasteiger partial charge in [-0.15, -0.1) is 0 Å². The number of hydrazone groups is 1. The standard InChI is InChI=1S/C20H15BrN4O/c1-13-18(20(26)23-22-13)11-15-12-25(17-5-3-2-4-6-17)24-19(15)14-7-9-16(21)10-8-14/h2-12H,1H3,(H,23,26)/b18-11-. The van der Waals surface area contributed by atoms with Crippen molar-refractivity contribution in [3.05, 3.63) is 76.4 Å². The van der Waals surface area contributed by atoms with Gasteiger partial charge in [0.15, 0.2) is 0 Å². The van der Waals surface area contributed by atoms with E-state index < -0.39 is 0 Å². The lowest BCUT2D eigenvalue weighted by Crippen LogP contribution is -2.12. The van der Waals surface area contributed by atoms with E-state index in [1.807, 2.05) is 78.5 Å². The Bertz CT molecular complexity index is 1030. The molecular formula is C20H15BrN4O. The third-order valence-corrected chi connectivity index (χ3v) is 4.67. The van der Waals surface area contributed by atoms with Crippen LogP contribution in [0, 0.1) is 0 Å². The van der Waals surface area contributed by atoms with E-state index >= 15 is 0 Å². The zero-order valence-corrected chi connectivity index (χ0v) is 15.6. The number of amides is 1. The fraction of sp³-hybridized carbons (Fsp3) is 0.0500. The van der Waals surface area contributed by atoms with Crippen LogP contribution in [0.25, 0.3) is 23.0 Å². The Morgan fingerprint density at radius 3 is 2.46 bits per heavy atom. The van der Waals surface area contributed by atoms with Crippen LogP contribution < -0.4 is 5.43 Å². The number of nitrogens with one attached hydrogen (secondary N) is 1. The Hall–Kier alpha value is -2.99. The van der Waals surface area contributed by atoms with Gasteiger partial charge in [-0.05, 0) is 37.3 Å². The highest BCUT2D eigenvalue weighted by Gasteiger charge is 2.20. The third kappa shape index (κ3) is 3.11. The lowest BCUT2D eigenvalue weighted by atomic mass is 10.0. The van der Waals surface area contributed by atoms with Gasteiger partial charge in [-0.25, -0.2) is 10.1 Å². The van der Waals surface area contributed by atoms with Crippen molar-refractivity contribution in [2.24, 2.45) is 5.10 Å². The van der Waals surface area contributed by atoms with Crippen molar-refractivity contribution < 1.29 is 4.79 Å². The first kappa shape index (κ1) is 16.5. The lowest BCUT2D eigenvalue weighted by molar-refractivity contribution is -0.116. The maximum atomic E-state index is 12.0. The van der Waals surface area contributed by atoms with E-state index in [4.69, 9.17) is 5.10 Å². The first-order valence-corrected chi connectivity index (χ1v) is 8.89. The van der Waals surface area contributed by atoms with Crippen molar-refractivity contribution in [1.82, 2.24) is 15.2 Å². The number of benzene rings is 2. The number of hydrogen-bond donors (Lipinski definition) is 1. The molecule has 5 nitrogen and oxygen atoms in total. The molecule has 1 aliphatic rings. The predicted octanol–water partition coefficient (Wildman–Crippen LogP) is 4.19. The van der Waals surface area contributed by atoms with Crippen LogP contribution in [-0.4, -0.2) is 21.4 Å². The van der Waals surface area contributed by atoms with Crippen molar-refractivity contribution in [1.29, 1.82) is 0 Å². The topological polar surface area (TPSA) is 59.3 Å². The Morgan fingerprint density at radius 2 is 1.81 bits per heavy atom. The van der Waals surface area contributed by atoms with Crippen LogP contribution in [0.4, 0.5) is 0 Å². The van der Waals surface area contributed by atoms with Gasteiger partial charge in [-0.3, -0.25) is 4.79 Å². The summed E-state index contributed by atoms with van der Waals surface area (Å²) in [5.41, 5.74) is 7.31. The van der Waals surface area contributed by atoms with Crippen LogP contribution in [0.2, 0.25) is 0 Å². The summed E-state index contributed by atoms with van der Waals surface area (Å²) < 4.78 is 2.82. The molecule has 2 heterocycles. The number of rotatable bonds is 3. The molecule has 0 fully saturated rings. The van der Waals surface area contributed by atoms with Gasteiger partial charge >= 0.3 is 0 Å². The number of carbonyl (C=O) groups excluding carboxylic acids is 1. The molecular weight excluding hydrogens is 392 g/mol. The molecule has 0 spiro atoms. The van der Waals surface area contributed by atoms with Gasteiger partial charge in [0, 0.05) is 21.8 Å². The second kappa shape index (κ2) is 6.72. The van der Waals surface area contributed by atoms with Gasteiger partial charge in [0.05, 0.1) is 22.7 Å². The number of aromatic nitrogens is 2. The molecule has 0 aliphatic carbocycles. The van der Waals surface area contributed by atoms with E-state index in [0.29, 0.717) is 11.3 Å². The maximum Gasteiger partial charge on any atom is 0.273 e. The molecule has 4 rings (SSSR count). The Labute approximate surface area is 159 Å². The maximum absolute atomic E-state index is 12.0. The fourth-order valence-electron chi connectivity index (χ4n) is 2.78. The van der Waals surface area contributed by atoms with Crippen LogP contribution in [0.1, 0.15) is 12.5 Å². The monoisotopic (exact) mass is 406 g/mol. The molecule has 1 aliphatic heterocycles. The highest BCUT2D eigenvalue weighted by atomic mass is 79.9. The minimum absolute atomic E-state index is 0.197. The highest BCUT2D eigenvalue weighted by Crippen LogP contribution is 2.27. The minimum atomic E-state index is -0.197. The molecule has 0 atom stereocenters. The molecule has 1 amide bonds. The van der Waals surface area contributed by atoms with E-state index in [1.54, 1.807) is 0 Å². The first-order valence-electron chi connectivity index (χ1n) is 8.09. The molecule has 0 saturated carbocycles. The van der Waals surface area contributed by atoms with E-state index in [9.17, 15) is 4.79 Å². The summed E-state index contributed by atoms with van der Waals surface area (Å²) >= 11 is 3.46. The van der Waals surface area contributed by atoms with Crippen molar-refractivity contribution >= 4 is 33.6 Å². The lowest BCUT2D eigenvalue weighted by Gasteiger charge is -2.01. The predicted molar refractivity (Wildman–Crippen MR) is 106 cm³/mol. The summed E-state index contributed by atoms with van der Waals surface area (Å²) in [7, 11) is 0. The van der Waals surface area contributed by atoms with Gasteiger partial charge in [0.1, 0.15) is 0 Å². The minimum Gasteiger partial charge on any atom is -0.267 e. The molecule has 3 aromatic rings. The third-order valence-electron chi connectivity index (χ3n) is 4.14.